The summed E-state index contributed by atoms with van der Waals surface area (Å²) in [6.45, 7) is 28.2. The zero-order chi connectivity index (χ0) is 35.5. The average Bonchev–Trinajstić information content (AvgIpc) is 3.61. The summed E-state index contributed by atoms with van der Waals surface area (Å²) in [5, 5.41) is 0. The molecule has 0 N–H and O–H groups in total. The van der Waals surface area contributed by atoms with E-state index in [1.165, 1.54) is 68.5 Å². The van der Waals surface area contributed by atoms with Crippen LogP contribution in [0.1, 0.15) is 127 Å². The van der Waals surface area contributed by atoms with Gasteiger partial charge in [0.15, 0.2) is 0 Å². The van der Waals surface area contributed by atoms with Crippen molar-refractivity contribution in [3.05, 3.63) is 144 Å². The van der Waals surface area contributed by atoms with Gasteiger partial charge in [-0.25, -0.2) is 0 Å². The van der Waals surface area contributed by atoms with Crippen LogP contribution in [0.4, 0.5) is 0 Å². The summed E-state index contributed by atoms with van der Waals surface area (Å²) in [7, 11) is 0. The van der Waals surface area contributed by atoms with Gasteiger partial charge in [-0.1, -0.05) is 0 Å². The molecule has 6 rings (SSSR count). The van der Waals surface area contributed by atoms with Crippen molar-refractivity contribution < 1.29 is 46.1 Å². The summed E-state index contributed by atoms with van der Waals surface area (Å²) in [4.78, 5) is 0. The van der Waals surface area contributed by atoms with Gasteiger partial charge in [-0.3, -0.25) is 0 Å². The van der Waals surface area contributed by atoms with Crippen LogP contribution in [0.25, 0.3) is 11.1 Å². The van der Waals surface area contributed by atoms with Gasteiger partial charge in [0, 0.05) is 0 Å². The van der Waals surface area contributed by atoms with E-state index in [1.807, 2.05) is 0 Å². The summed E-state index contributed by atoms with van der Waals surface area (Å²) in [6.07, 6.45) is 8.80. The van der Waals surface area contributed by atoms with Crippen LogP contribution in [-0.2, 0) is 38.5 Å². The van der Waals surface area contributed by atoms with Crippen LogP contribution < -0.4 is 28.1 Å². The molecule has 0 saturated heterocycles. The largest absolute Gasteiger partial charge is 1.00 e. The molecule has 1 atom stereocenters. The van der Waals surface area contributed by atoms with Crippen LogP contribution in [0.2, 0.25) is 0 Å². The number of fused-ring (bicyclic) bond motifs is 3. The van der Waals surface area contributed by atoms with Gasteiger partial charge in [0.1, 0.15) is 0 Å². The summed E-state index contributed by atoms with van der Waals surface area (Å²) >= 11 is -2.94. The van der Waals surface area contributed by atoms with Crippen molar-refractivity contribution in [1.29, 1.82) is 0 Å². The van der Waals surface area contributed by atoms with Crippen molar-refractivity contribution in [2.45, 2.75) is 113 Å². The summed E-state index contributed by atoms with van der Waals surface area (Å²) in [5.41, 5.74) is 16.2. The third-order valence-electron chi connectivity index (χ3n) is 10.8. The molecular weight excluding hydrogens is 739 g/mol. The SMILES string of the molecule is CCCC1C=C(C(C)(C)C)C=[C]1[Zr+2](=[C](c1ccc(C)cc1)c1ccc(C)cc1)[c]1cc(C(C)(C)C)cc2c1Cc1ccc(C(C)(C)C)cc1-2.[Cl-].[Cl-]. The van der Waals surface area contributed by atoms with E-state index in [1.54, 1.807) is 15.3 Å². The first-order valence-corrected chi connectivity index (χ1v) is 22.3. The fourth-order valence-electron chi connectivity index (χ4n) is 7.63. The van der Waals surface area contributed by atoms with Crippen molar-refractivity contribution in [3.8, 4) is 11.1 Å². The minimum atomic E-state index is -2.94. The molecule has 4 aromatic rings. The van der Waals surface area contributed by atoms with Crippen LogP contribution >= 0.6 is 0 Å². The molecule has 0 amide bonds. The van der Waals surface area contributed by atoms with Gasteiger partial charge in [-0.2, -0.15) is 0 Å². The quantitative estimate of drug-likeness (QED) is 0.190. The van der Waals surface area contributed by atoms with Crippen molar-refractivity contribution >= 4 is 6.48 Å². The van der Waals surface area contributed by atoms with E-state index in [0.29, 0.717) is 5.92 Å². The summed E-state index contributed by atoms with van der Waals surface area (Å²) < 4.78 is 5.06. The van der Waals surface area contributed by atoms with Crippen LogP contribution in [0, 0.1) is 25.2 Å². The molecule has 0 bridgehead atoms. The second kappa shape index (κ2) is 15.6. The van der Waals surface area contributed by atoms with Crippen LogP contribution in [0.3, 0.4) is 0 Å². The van der Waals surface area contributed by atoms with Crippen LogP contribution in [-0.4, -0.2) is 3.21 Å². The van der Waals surface area contributed by atoms with Gasteiger partial charge in [-0.05, 0) is 0 Å². The topological polar surface area (TPSA) is 0 Å². The minimum Gasteiger partial charge on any atom is -1.00 e. The molecule has 1 unspecified atom stereocenters. The molecule has 2 aliphatic rings. The van der Waals surface area contributed by atoms with Crippen LogP contribution in [0.5, 0.6) is 0 Å². The third kappa shape index (κ3) is 8.59. The fraction of sp³-hybridized carbons (Fsp3) is 0.396. The number of hydrogen-bond acceptors (Lipinski definition) is 0. The Kier molecular flexibility index (Phi) is 12.7. The monoisotopic (exact) mass is 794 g/mol. The van der Waals surface area contributed by atoms with E-state index in [0.717, 1.165) is 6.42 Å². The maximum absolute atomic E-state index is 2.94. The predicted molar refractivity (Wildman–Crippen MR) is 211 cm³/mol. The van der Waals surface area contributed by atoms with Gasteiger partial charge in [0.25, 0.3) is 0 Å². The van der Waals surface area contributed by atoms with E-state index in [-0.39, 0.29) is 41.1 Å². The molecule has 2 aliphatic carbocycles. The first kappa shape index (κ1) is 41.4. The Morgan fingerprint density at radius 3 is 1.67 bits per heavy atom. The molecule has 51 heavy (non-hydrogen) atoms. The number of allylic oxidation sites excluding steroid dienone is 4. The molecule has 0 aliphatic heterocycles. The van der Waals surface area contributed by atoms with E-state index < -0.39 is 21.3 Å². The smallest absolute Gasteiger partial charge is 1.00 e. The number of halogens is 2. The Balaban J connectivity index is 0.00000292. The number of aryl methyl sites for hydroxylation is 2. The Labute approximate surface area is 330 Å². The second-order valence-corrected chi connectivity index (χ2v) is 23.8. The molecule has 3 heteroatoms. The molecule has 0 aromatic heterocycles. The van der Waals surface area contributed by atoms with E-state index in [9.17, 15) is 0 Å². The molecule has 0 saturated carbocycles. The van der Waals surface area contributed by atoms with E-state index in [4.69, 9.17) is 0 Å². The molecule has 268 valence electrons. The van der Waals surface area contributed by atoms with Gasteiger partial charge < -0.3 is 24.8 Å². The van der Waals surface area contributed by atoms with Crippen molar-refractivity contribution in [1.82, 2.24) is 0 Å². The van der Waals surface area contributed by atoms with Gasteiger partial charge >= 0.3 is 308 Å². The fourth-order valence-corrected chi connectivity index (χ4v) is 16.2. The van der Waals surface area contributed by atoms with E-state index in [2.05, 4.69) is 174 Å². The Morgan fingerprint density at radius 1 is 0.647 bits per heavy atom. The molecular formula is C48H58Cl2Zr. The van der Waals surface area contributed by atoms with E-state index >= 15 is 0 Å². The molecule has 0 spiro atoms. The third-order valence-corrected chi connectivity index (χ3v) is 18.5. The standard InChI is InChI=1S/C21H25.C15H14.C12H19.2ClH.Zr/c1-20(2,3)16-9-7-14-11-15-8-10-17(21(4,5)6)13-19(15)18(14)12-16;1-12-3-7-14(8-4-12)11-15-9-5-13(2)6-10-15;1-5-6-10-7-8-11(9-10)12(2,3)4;;;/h7,9-10,12-13H,11H2,1-6H3;3-10H,1-2H3;8-10H,5-6H2,1-4H3;2*1H;/q;;;;;+2/p-2. The number of benzene rings is 4. The van der Waals surface area contributed by atoms with Crippen LogP contribution in [0.15, 0.2) is 99.9 Å². The zero-order valence-corrected chi connectivity index (χ0v) is 37.1. The van der Waals surface area contributed by atoms with Gasteiger partial charge in [0.05, 0.1) is 0 Å². The molecule has 4 aromatic carbocycles. The first-order valence-electron chi connectivity index (χ1n) is 18.6. The predicted octanol–water partition coefficient (Wildman–Crippen LogP) is 6.28. The minimum absolute atomic E-state index is 0. The summed E-state index contributed by atoms with van der Waals surface area (Å²) in [5.74, 6) is 0.490. The Morgan fingerprint density at radius 2 is 1.18 bits per heavy atom. The number of rotatable bonds is 6. The van der Waals surface area contributed by atoms with Gasteiger partial charge in [0.2, 0.25) is 0 Å². The summed E-state index contributed by atoms with van der Waals surface area (Å²) in [6, 6.07) is 31.6. The zero-order valence-electron chi connectivity index (χ0n) is 33.1. The molecule has 0 fully saturated rings. The molecule has 0 nitrogen and oxygen atoms in total. The van der Waals surface area contributed by atoms with Gasteiger partial charge in [-0.15, -0.1) is 0 Å². The maximum atomic E-state index is 2.70. The maximum Gasteiger partial charge on any atom is -1.00 e. The number of hydrogen-bond donors (Lipinski definition) is 0. The molecule has 0 radical (unpaired) electrons. The molecule has 0 heterocycles. The first-order chi connectivity index (χ1) is 23.0. The second-order valence-electron chi connectivity index (χ2n) is 17.9. The van der Waals surface area contributed by atoms with Crippen molar-refractivity contribution in [2.24, 2.45) is 11.3 Å². The Bertz CT molecular complexity index is 1940. The average molecular weight is 797 g/mol. The normalized spacial score (nSPS) is 15.1. The van der Waals surface area contributed by atoms with Crippen molar-refractivity contribution in [3.63, 3.8) is 0 Å². The van der Waals surface area contributed by atoms with Crippen molar-refractivity contribution in [2.75, 3.05) is 0 Å². The Hall–Kier alpha value is -2.31.